The average molecular weight is 238 g/mol. The molecule has 1 aromatic carbocycles. The molecular formula is C16H18N2. The topological polar surface area (TPSA) is 16.1 Å². The van der Waals surface area contributed by atoms with Crippen molar-refractivity contribution in [3.8, 4) is 0 Å². The molecule has 0 aliphatic carbocycles. The largest absolute Gasteiger partial charge is 0.378 e. The van der Waals surface area contributed by atoms with Crippen LogP contribution in [-0.2, 0) is 0 Å². The molecule has 0 spiro atoms. The third-order valence-corrected chi connectivity index (χ3v) is 2.77. The van der Waals surface area contributed by atoms with Crippen molar-refractivity contribution in [3.05, 3.63) is 59.4 Å². The molecule has 0 saturated carbocycles. The second kappa shape index (κ2) is 5.50. The molecule has 2 aromatic rings. The Bertz CT molecular complexity index is 539. The lowest BCUT2D eigenvalue weighted by atomic mass is 10.1. The number of aryl methyl sites for hydroxylation is 1. The highest BCUT2D eigenvalue weighted by Gasteiger charge is 1.94. The van der Waals surface area contributed by atoms with Gasteiger partial charge in [-0.2, -0.15) is 0 Å². The number of hydrogen-bond acceptors (Lipinski definition) is 2. The molecule has 0 radical (unpaired) electrons. The first-order chi connectivity index (χ1) is 8.65. The monoisotopic (exact) mass is 238 g/mol. The van der Waals surface area contributed by atoms with Gasteiger partial charge < -0.3 is 4.90 Å². The van der Waals surface area contributed by atoms with Crippen LogP contribution in [0.15, 0.2) is 42.5 Å². The van der Waals surface area contributed by atoms with Crippen molar-refractivity contribution in [1.29, 1.82) is 0 Å². The summed E-state index contributed by atoms with van der Waals surface area (Å²) < 4.78 is 0. The van der Waals surface area contributed by atoms with Crippen LogP contribution in [0, 0.1) is 6.92 Å². The fraction of sp³-hybridized carbons (Fsp3) is 0.188. The molecule has 0 N–H and O–H groups in total. The van der Waals surface area contributed by atoms with Gasteiger partial charge in [0.1, 0.15) is 0 Å². The molecule has 92 valence electrons. The van der Waals surface area contributed by atoms with E-state index >= 15 is 0 Å². The minimum Gasteiger partial charge on any atom is -0.378 e. The number of anilines is 1. The molecule has 0 saturated heterocycles. The fourth-order valence-corrected chi connectivity index (χ4v) is 1.72. The first-order valence-corrected chi connectivity index (χ1v) is 6.04. The van der Waals surface area contributed by atoms with E-state index in [1.54, 1.807) is 0 Å². The van der Waals surface area contributed by atoms with Crippen LogP contribution < -0.4 is 4.90 Å². The van der Waals surface area contributed by atoms with Gasteiger partial charge in [0, 0.05) is 25.5 Å². The van der Waals surface area contributed by atoms with Crippen molar-refractivity contribution >= 4 is 17.8 Å². The summed E-state index contributed by atoms with van der Waals surface area (Å²) in [4.78, 5) is 6.53. The highest BCUT2D eigenvalue weighted by Crippen LogP contribution is 2.14. The third kappa shape index (κ3) is 3.20. The van der Waals surface area contributed by atoms with E-state index < -0.39 is 0 Å². The second-order valence-electron chi connectivity index (χ2n) is 4.52. The lowest BCUT2D eigenvalue weighted by Crippen LogP contribution is -2.07. The van der Waals surface area contributed by atoms with E-state index in [-0.39, 0.29) is 0 Å². The van der Waals surface area contributed by atoms with Crippen molar-refractivity contribution in [2.75, 3.05) is 19.0 Å². The van der Waals surface area contributed by atoms with E-state index in [9.17, 15) is 0 Å². The lowest BCUT2D eigenvalue weighted by molar-refractivity contribution is 1.13. The number of pyridine rings is 1. The maximum absolute atomic E-state index is 4.44. The predicted octanol–water partition coefficient (Wildman–Crippen LogP) is 3.63. The summed E-state index contributed by atoms with van der Waals surface area (Å²) >= 11 is 0. The number of benzene rings is 1. The molecule has 2 rings (SSSR count). The van der Waals surface area contributed by atoms with E-state index in [0.29, 0.717) is 0 Å². The number of rotatable bonds is 3. The molecule has 0 aliphatic heterocycles. The normalized spacial score (nSPS) is 10.8. The van der Waals surface area contributed by atoms with Gasteiger partial charge in [-0.1, -0.05) is 24.3 Å². The Kier molecular flexibility index (Phi) is 3.78. The molecule has 0 aliphatic rings. The van der Waals surface area contributed by atoms with Crippen molar-refractivity contribution in [1.82, 2.24) is 4.98 Å². The van der Waals surface area contributed by atoms with E-state index in [1.807, 2.05) is 45.3 Å². The van der Waals surface area contributed by atoms with Gasteiger partial charge in [-0.05, 0) is 42.8 Å². The molecule has 18 heavy (non-hydrogen) atoms. The Balaban J connectivity index is 2.14. The molecule has 0 bridgehead atoms. The van der Waals surface area contributed by atoms with Gasteiger partial charge in [0.25, 0.3) is 0 Å². The van der Waals surface area contributed by atoms with Crippen molar-refractivity contribution < 1.29 is 0 Å². The first-order valence-electron chi connectivity index (χ1n) is 6.04. The summed E-state index contributed by atoms with van der Waals surface area (Å²) in [7, 11) is 4.09. The Labute approximate surface area is 109 Å². The molecule has 0 unspecified atom stereocenters. The minimum atomic E-state index is 0.992. The molecule has 0 fully saturated rings. The van der Waals surface area contributed by atoms with Gasteiger partial charge in [-0.25, -0.2) is 0 Å². The molecule has 2 heteroatoms. The van der Waals surface area contributed by atoms with Gasteiger partial charge in [0.05, 0.1) is 5.69 Å². The molecule has 1 aromatic heterocycles. The number of nitrogens with zero attached hydrogens (tertiary/aromatic N) is 2. The Morgan fingerprint density at radius 2 is 1.67 bits per heavy atom. The highest BCUT2D eigenvalue weighted by atomic mass is 15.1. The van der Waals surface area contributed by atoms with Crippen LogP contribution in [-0.4, -0.2) is 19.1 Å². The summed E-state index contributed by atoms with van der Waals surface area (Å²) in [5, 5.41) is 0. The number of hydrogen-bond donors (Lipinski definition) is 0. The predicted molar refractivity (Wildman–Crippen MR) is 78.7 cm³/mol. The minimum absolute atomic E-state index is 0.992. The maximum Gasteiger partial charge on any atom is 0.0633 e. The molecule has 0 atom stereocenters. The quantitative estimate of drug-likeness (QED) is 0.811. The van der Waals surface area contributed by atoms with Crippen LogP contribution in [0.1, 0.15) is 17.0 Å². The van der Waals surface area contributed by atoms with Crippen LogP contribution in [0.3, 0.4) is 0 Å². The zero-order chi connectivity index (χ0) is 13.0. The van der Waals surface area contributed by atoms with Crippen LogP contribution in [0.2, 0.25) is 0 Å². The van der Waals surface area contributed by atoms with Gasteiger partial charge in [-0.3, -0.25) is 4.98 Å². The van der Waals surface area contributed by atoms with Crippen molar-refractivity contribution in [3.63, 3.8) is 0 Å². The Hall–Kier alpha value is -2.09. The van der Waals surface area contributed by atoms with E-state index in [1.165, 1.54) is 11.3 Å². The SMILES string of the molecule is Cc1cccc(/C=C/c2ccc(N(C)C)cc2)n1. The lowest BCUT2D eigenvalue weighted by Gasteiger charge is -2.11. The summed E-state index contributed by atoms with van der Waals surface area (Å²) in [6.07, 6.45) is 4.12. The van der Waals surface area contributed by atoms with Crippen molar-refractivity contribution in [2.24, 2.45) is 0 Å². The van der Waals surface area contributed by atoms with E-state index in [0.717, 1.165) is 11.4 Å². The van der Waals surface area contributed by atoms with Crippen LogP contribution in [0.25, 0.3) is 12.2 Å². The fourth-order valence-electron chi connectivity index (χ4n) is 1.72. The van der Waals surface area contributed by atoms with Gasteiger partial charge in [-0.15, -0.1) is 0 Å². The summed E-state index contributed by atoms with van der Waals surface area (Å²) in [5.41, 5.74) is 4.43. The standard InChI is InChI=1S/C16H18N2/c1-13-5-4-6-15(17-13)10-7-14-8-11-16(12-9-14)18(2)3/h4-12H,1-3H3/b10-7+. The van der Waals surface area contributed by atoms with E-state index in [2.05, 4.69) is 40.2 Å². The summed E-state index contributed by atoms with van der Waals surface area (Å²) in [5.74, 6) is 0. The Morgan fingerprint density at radius 1 is 0.944 bits per heavy atom. The number of aromatic nitrogens is 1. The van der Waals surface area contributed by atoms with Gasteiger partial charge >= 0.3 is 0 Å². The zero-order valence-corrected chi connectivity index (χ0v) is 11.1. The zero-order valence-electron chi connectivity index (χ0n) is 11.1. The van der Waals surface area contributed by atoms with Crippen LogP contribution >= 0.6 is 0 Å². The van der Waals surface area contributed by atoms with Crippen LogP contribution in [0.4, 0.5) is 5.69 Å². The molecule has 1 heterocycles. The summed E-state index contributed by atoms with van der Waals surface area (Å²) in [6, 6.07) is 14.5. The summed E-state index contributed by atoms with van der Waals surface area (Å²) in [6.45, 7) is 2.00. The molecule has 2 nitrogen and oxygen atoms in total. The van der Waals surface area contributed by atoms with E-state index in [4.69, 9.17) is 0 Å². The molecular weight excluding hydrogens is 220 g/mol. The first kappa shape index (κ1) is 12.4. The van der Waals surface area contributed by atoms with Gasteiger partial charge in [0.15, 0.2) is 0 Å². The Morgan fingerprint density at radius 3 is 2.28 bits per heavy atom. The van der Waals surface area contributed by atoms with Crippen LogP contribution in [0.5, 0.6) is 0 Å². The molecule has 0 amide bonds. The maximum atomic E-state index is 4.44. The smallest absolute Gasteiger partial charge is 0.0633 e. The van der Waals surface area contributed by atoms with Gasteiger partial charge in [0.2, 0.25) is 0 Å². The third-order valence-electron chi connectivity index (χ3n) is 2.77. The highest BCUT2D eigenvalue weighted by molar-refractivity contribution is 5.69. The second-order valence-corrected chi connectivity index (χ2v) is 4.52. The van der Waals surface area contributed by atoms with Crippen molar-refractivity contribution in [2.45, 2.75) is 6.92 Å². The average Bonchev–Trinajstić information content (AvgIpc) is 2.37.